The summed E-state index contributed by atoms with van der Waals surface area (Å²) in [6.07, 6.45) is 6.56. The third kappa shape index (κ3) is 3.90. The topological polar surface area (TPSA) is 30.0 Å². The van der Waals surface area contributed by atoms with E-state index < -0.39 is 0 Å². The summed E-state index contributed by atoms with van der Waals surface area (Å²) in [6, 6.07) is 7.58. The Labute approximate surface area is 128 Å². The van der Waals surface area contributed by atoms with Crippen LogP contribution in [0.5, 0.6) is 0 Å². The maximum absolute atomic E-state index is 11.2. The number of thiazole rings is 1. The molecule has 0 aliphatic carbocycles. The number of halogens is 1. The molecule has 1 heterocycles. The lowest BCUT2D eigenvalue weighted by Crippen LogP contribution is -1.91. The van der Waals surface area contributed by atoms with Crippen molar-refractivity contribution in [2.45, 2.75) is 39.0 Å². The van der Waals surface area contributed by atoms with Gasteiger partial charge in [0.25, 0.3) is 0 Å². The van der Waals surface area contributed by atoms with E-state index in [1.165, 1.54) is 30.6 Å². The van der Waals surface area contributed by atoms with E-state index in [-0.39, 0.29) is 0 Å². The van der Waals surface area contributed by atoms with Crippen LogP contribution in [-0.4, -0.2) is 11.3 Å². The number of aryl methyl sites for hydroxylation is 1. The minimum atomic E-state index is 0.709. The Kier molecular flexibility index (Phi) is 5.74. The fraction of sp³-hybridized carbons (Fsp3) is 0.375. The molecule has 4 heteroatoms. The summed E-state index contributed by atoms with van der Waals surface area (Å²) < 4.78 is 0. The Morgan fingerprint density at radius 2 is 1.95 bits per heavy atom. The molecule has 2 nitrogen and oxygen atoms in total. The zero-order chi connectivity index (χ0) is 14.4. The number of unbranched alkanes of at least 4 members (excludes halogenated alkanes) is 3. The second-order valence-electron chi connectivity index (χ2n) is 4.77. The van der Waals surface area contributed by atoms with Gasteiger partial charge in [0.05, 0.1) is 10.6 Å². The highest BCUT2D eigenvalue weighted by Gasteiger charge is 2.11. The Morgan fingerprint density at radius 1 is 1.20 bits per heavy atom. The normalized spacial score (nSPS) is 10.7. The lowest BCUT2D eigenvalue weighted by atomic mass is 10.1. The standard InChI is InChI=1S/C16H18ClNOS/c1-2-3-4-5-6-14-15(11-19)20-16(18-14)12-7-9-13(17)10-8-12/h7-11H,2-6H2,1H3. The number of hydrogen-bond donors (Lipinski definition) is 0. The van der Waals surface area contributed by atoms with Crippen LogP contribution in [0, 0.1) is 0 Å². The lowest BCUT2D eigenvalue weighted by molar-refractivity contribution is 0.112. The number of carbonyl (C=O) groups excluding carboxylic acids is 1. The van der Waals surface area contributed by atoms with Crippen LogP contribution < -0.4 is 0 Å². The van der Waals surface area contributed by atoms with Crippen molar-refractivity contribution in [1.29, 1.82) is 0 Å². The van der Waals surface area contributed by atoms with Crippen molar-refractivity contribution in [3.63, 3.8) is 0 Å². The summed E-state index contributed by atoms with van der Waals surface area (Å²) in [5.74, 6) is 0. The molecular formula is C16H18ClNOS. The molecule has 0 aliphatic heterocycles. The predicted molar refractivity (Wildman–Crippen MR) is 85.8 cm³/mol. The molecular weight excluding hydrogens is 290 g/mol. The Morgan fingerprint density at radius 3 is 2.60 bits per heavy atom. The molecule has 106 valence electrons. The minimum Gasteiger partial charge on any atom is -0.297 e. The quantitative estimate of drug-likeness (QED) is 0.506. The van der Waals surface area contributed by atoms with Gasteiger partial charge in [-0.2, -0.15) is 0 Å². The van der Waals surface area contributed by atoms with Crippen molar-refractivity contribution in [3.8, 4) is 10.6 Å². The van der Waals surface area contributed by atoms with E-state index in [2.05, 4.69) is 11.9 Å². The van der Waals surface area contributed by atoms with Gasteiger partial charge in [-0.3, -0.25) is 4.79 Å². The Bertz CT molecular complexity index is 562. The van der Waals surface area contributed by atoms with Gasteiger partial charge in [0, 0.05) is 10.6 Å². The zero-order valence-electron chi connectivity index (χ0n) is 11.6. The Balaban J connectivity index is 2.13. The van der Waals surface area contributed by atoms with Crippen molar-refractivity contribution in [1.82, 2.24) is 4.98 Å². The smallest absolute Gasteiger partial charge is 0.161 e. The molecule has 0 aliphatic rings. The Hall–Kier alpha value is -1.19. The van der Waals surface area contributed by atoms with Crippen LogP contribution in [0.15, 0.2) is 24.3 Å². The first-order valence-corrected chi connectivity index (χ1v) is 8.15. The number of rotatable bonds is 7. The number of benzene rings is 1. The van der Waals surface area contributed by atoms with Crippen LogP contribution in [0.2, 0.25) is 5.02 Å². The van der Waals surface area contributed by atoms with Gasteiger partial charge in [-0.15, -0.1) is 11.3 Å². The van der Waals surface area contributed by atoms with Gasteiger partial charge in [-0.25, -0.2) is 4.98 Å². The third-order valence-corrected chi connectivity index (χ3v) is 4.52. The second-order valence-corrected chi connectivity index (χ2v) is 6.23. The third-order valence-electron chi connectivity index (χ3n) is 3.19. The van der Waals surface area contributed by atoms with Crippen molar-refractivity contribution in [2.75, 3.05) is 0 Å². The summed E-state index contributed by atoms with van der Waals surface area (Å²) in [6.45, 7) is 2.19. The molecule has 1 aromatic carbocycles. The molecule has 20 heavy (non-hydrogen) atoms. The zero-order valence-corrected chi connectivity index (χ0v) is 13.1. The van der Waals surface area contributed by atoms with Crippen molar-refractivity contribution >= 4 is 29.2 Å². The molecule has 0 bridgehead atoms. The van der Waals surface area contributed by atoms with Crippen LogP contribution in [0.25, 0.3) is 10.6 Å². The summed E-state index contributed by atoms with van der Waals surface area (Å²) in [5.41, 5.74) is 1.95. The van der Waals surface area contributed by atoms with Crippen molar-refractivity contribution in [3.05, 3.63) is 39.9 Å². The highest BCUT2D eigenvalue weighted by atomic mass is 35.5. The van der Waals surface area contributed by atoms with Crippen LogP contribution in [0.4, 0.5) is 0 Å². The fourth-order valence-corrected chi connectivity index (χ4v) is 3.13. The van der Waals surface area contributed by atoms with E-state index >= 15 is 0 Å². The summed E-state index contributed by atoms with van der Waals surface area (Å²) in [7, 11) is 0. The molecule has 0 atom stereocenters. The average molecular weight is 308 g/mol. The summed E-state index contributed by atoms with van der Waals surface area (Å²) in [4.78, 5) is 16.5. The minimum absolute atomic E-state index is 0.709. The first-order chi connectivity index (χ1) is 9.74. The summed E-state index contributed by atoms with van der Waals surface area (Å²) >= 11 is 7.35. The number of hydrogen-bond acceptors (Lipinski definition) is 3. The SMILES string of the molecule is CCCCCCc1nc(-c2ccc(Cl)cc2)sc1C=O. The number of nitrogens with zero attached hydrogens (tertiary/aromatic N) is 1. The predicted octanol–water partition coefficient (Wildman–Crippen LogP) is 5.40. The average Bonchev–Trinajstić information content (AvgIpc) is 2.87. The van der Waals surface area contributed by atoms with E-state index in [0.29, 0.717) is 5.02 Å². The van der Waals surface area contributed by atoms with Gasteiger partial charge in [0.1, 0.15) is 5.01 Å². The van der Waals surface area contributed by atoms with Crippen molar-refractivity contribution < 1.29 is 4.79 Å². The highest BCUT2D eigenvalue weighted by Crippen LogP contribution is 2.29. The van der Waals surface area contributed by atoms with E-state index in [4.69, 9.17) is 11.6 Å². The van der Waals surface area contributed by atoms with Crippen LogP contribution in [0.1, 0.15) is 48.0 Å². The maximum Gasteiger partial charge on any atom is 0.161 e. The van der Waals surface area contributed by atoms with E-state index in [0.717, 1.165) is 40.3 Å². The molecule has 0 spiro atoms. The maximum atomic E-state index is 11.2. The number of carbonyl (C=O) groups is 1. The van der Waals surface area contributed by atoms with Crippen molar-refractivity contribution in [2.24, 2.45) is 0 Å². The second kappa shape index (κ2) is 7.55. The molecule has 0 saturated carbocycles. The molecule has 0 radical (unpaired) electrons. The van der Waals surface area contributed by atoms with Gasteiger partial charge in [0.2, 0.25) is 0 Å². The number of aromatic nitrogens is 1. The largest absolute Gasteiger partial charge is 0.297 e. The monoisotopic (exact) mass is 307 g/mol. The molecule has 0 saturated heterocycles. The molecule has 2 rings (SSSR count). The molecule has 0 N–H and O–H groups in total. The lowest BCUT2D eigenvalue weighted by Gasteiger charge is -1.98. The van der Waals surface area contributed by atoms with Gasteiger partial charge >= 0.3 is 0 Å². The van der Waals surface area contributed by atoms with Crippen LogP contribution >= 0.6 is 22.9 Å². The molecule has 0 fully saturated rings. The number of aldehydes is 1. The van der Waals surface area contributed by atoms with E-state index in [1.807, 2.05) is 24.3 Å². The molecule has 2 aromatic rings. The highest BCUT2D eigenvalue weighted by molar-refractivity contribution is 7.16. The molecule has 0 unspecified atom stereocenters. The fourth-order valence-electron chi connectivity index (χ4n) is 2.07. The van der Waals surface area contributed by atoms with Gasteiger partial charge < -0.3 is 0 Å². The van der Waals surface area contributed by atoms with Gasteiger partial charge in [-0.05, 0) is 25.0 Å². The first kappa shape index (κ1) is 15.2. The molecule has 0 amide bonds. The summed E-state index contributed by atoms with van der Waals surface area (Å²) in [5, 5.41) is 1.61. The molecule has 1 aromatic heterocycles. The first-order valence-electron chi connectivity index (χ1n) is 6.95. The van der Waals surface area contributed by atoms with E-state index in [1.54, 1.807) is 0 Å². The van der Waals surface area contributed by atoms with Gasteiger partial charge in [0.15, 0.2) is 6.29 Å². The van der Waals surface area contributed by atoms with E-state index in [9.17, 15) is 4.79 Å². The van der Waals surface area contributed by atoms with Gasteiger partial charge in [-0.1, -0.05) is 49.9 Å². The van der Waals surface area contributed by atoms with Crippen LogP contribution in [-0.2, 0) is 6.42 Å². The van der Waals surface area contributed by atoms with Crippen LogP contribution in [0.3, 0.4) is 0 Å².